The molecule has 0 atom stereocenters. The molecule has 0 spiro atoms. The second-order valence-electron chi connectivity index (χ2n) is 5.76. The summed E-state index contributed by atoms with van der Waals surface area (Å²) in [6, 6.07) is 7.67. The first-order chi connectivity index (χ1) is 12.0. The summed E-state index contributed by atoms with van der Waals surface area (Å²) in [5, 5.41) is 8.06. The van der Waals surface area contributed by atoms with Crippen LogP contribution in [0.5, 0.6) is 5.75 Å². The fourth-order valence-electron chi connectivity index (χ4n) is 2.55. The summed E-state index contributed by atoms with van der Waals surface area (Å²) in [5.74, 6) is 0.176. The molecule has 1 aromatic carbocycles. The minimum atomic E-state index is -0.304. The fraction of sp³-hybridized carbons (Fsp3) is 0.278. The second kappa shape index (κ2) is 7.29. The number of halogens is 1. The molecule has 0 saturated heterocycles. The van der Waals surface area contributed by atoms with Gasteiger partial charge in [-0.25, -0.2) is 9.37 Å². The Labute approximate surface area is 144 Å². The van der Waals surface area contributed by atoms with Crippen LogP contribution in [0.15, 0.2) is 36.5 Å². The van der Waals surface area contributed by atoms with Gasteiger partial charge in [-0.15, -0.1) is 0 Å². The number of amides is 1. The van der Waals surface area contributed by atoms with Crippen molar-refractivity contribution in [3.05, 3.63) is 48.0 Å². The van der Waals surface area contributed by atoms with Crippen LogP contribution in [0.25, 0.3) is 11.0 Å². The van der Waals surface area contributed by atoms with Gasteiger partial charge in [-0.05, 0) is 43.7 Å². The topological polar surface area (TPSA) is 69.0 Å². The third kappa shape index (κ3) is 4.12. The number of aryl methyl sites for hydroxylation is 2. The zero-order valence-electron chi connectivity index (χ0n) is 14.1. The first-order valence-electron chi connectivity index (χ1n) is 8.00. The smallest absolute Gasteiger partial charge is 0.224 e. The Morgan fingerprint density at radius 2 is 2.08 bits per heavy atom. The molecular weight excluding hydrogens is 323 g/mol. The monoisotopic (exact) mass is 342 g/mol. The van der Waals surface area contributed by atoms with Gasteiger partial charge in [-0.3, -0.25) is 9.48 Å². The number of rotatable bonds is 6. The van der Waals surface area contributed by atoms with Gasteiger partial charge in [0.15, 0.2) is 5.65 Å². The lowest BCUT2D eigenvalue weighted by atomic mass is 10.2. The van der Waals surface area contributed by atoms with Crippen molar-refractivity contribution in [3.8, 4) is 5.75 Å². The maximum absolute atomic E-state index is 12.8. The highest BCUT2D eigenvalue weighted by Gasteiger charge is 2.09. The van der Waals surface area contributed by atoms with Crippen LogP contribution < -0.4 is 10.1 Å². The molecule has 0 aliphatic rings. The van der Waals surface area contributed by atoms with Crippen LogP contribution in [0.2, 0.25) is 0 Å². The predicted molar refractivity (Wildman–Crippen MR) is 93.0 cm³/mol. The van der Waals surface area contributed by atoms with E-state index in [1.165, 1.54) is 12.1 Å². The van der Waals surface area contributed by atoms with Gasteiger partial charge in [0.25, 0.3) is 0 Å². The molecule has 0 aliphatic carbocycles. The van der Waals surface area contributed by atoms with Crippen molar-refractivity contribution in [2.24, 2.45) is 7.05 Å². The van der Waals surface area contributed by atoms with Crippen molar-refractivity contribution >= 4 is 22.6 Å². The molecule has 0 aliphatic heterocycles. The van der Waals surface area contributed by atoms with E-state index in [0.29, 0.717) is 30.9 Å². The van der Waals surface area contributed by atoms with Crippen LogP contribution in [0.3, 0.4) is 0 Å². The molecule has 1 amide bonds. The third-order valence-electron chi connectivity index (χ3n) is 3.78. The standard InChI is InChI=1S/C18H19FN4O2/c1-12-16-10-14(11-20-18(16)23(2)22-12)21-17(24)4-3-9-25-15-7-5-13(19)6-8-15/h5-8,10-11H,3-4,9H2,1-2H3,(H,21,24). The quantitative estimate of drug-likeness (QED) is 0.699. The molecule has 0 fully saturated rings. The van der Waals surface area contributed by atoms with Crippen LogP contribution in [0.4, 0.5) is 10.1 Å². The predicted octanol–water partition coefficient (Wildman–Crippen LogP) is 3.21. The number of fused-ring (bicyclic) bond motifs is 1. The van der Waals surface area contributed by atoms with Gasteiger partial charge >= 0.3 is 0 Å². The Balaban J connectivity index is 1.49. The fourth-order valence-corrected chi connectivity index (χ4v) is 2.55. The molecule has 25 heavy (non-hydrogen) atoms. The first-order valence-corrected chi connectivity index (χ1v) is 8.00. The average Bonchev–Trinajstić information content (AvgIpc) is 2.87. The van der Waals surface area contributed by atoms with E-state index in [1.54, 1.807) is 23.0 Å². The molecule has 0 bridgehead atoms. The van der Waals surface area contributed by atoms with Crippen molar-refractivity contribution in [1.29, 1.82) is 0 Å². The summed E-state index contributed by atoms with van der Waals surface area (Å²) in [6.07, 6.45) is 2.51. The minimum absolute atomic E-state index is 0.106. The molecule has 0 saturated carbocycles. The summed E-state index contributed by atoms with van der Waals surface area (Å²) >= 11 is 0. The van der Waals surface area contributed by atoms with E-state index < -0.39 is 0 Å². The minimum Gasteiger partial charge on any atom is -0.494 e. The SMILES string of the molecule is Cc1nn(C)c2ncc(NC(=O)CCCOc3ccc(F)cc3)cc12. The van der Waals surface area contributed by atoms with Crippen LogP contribution in [0.1, 0.15) is 18.5 Å². The van der Waals surface area contributed by atoms with Crippen molar-refractivity contribution in [2.45, 2.75) is 19.8 Å². The maximum Gasteiger partial charge on any atom is 0.224 e. The molecule has 2 aromatic heterocycles. The number of aromatic nitrogens is 3. The van der Waals surface area contributed by atoms with Crippen LogP contribution in [-0.2, 0) is 11.8 Å². The van der Waals surface area contributed by atoms with E-state index in [2.05, 4.69) is 15.4 Å². The lowest BCUT2D eigenvalue weighted by molar-refractivity contribution is -0.116. The van der Waals surface area contributed by atoms with Gasteiger partial charge in [0.1, 0.15) is 11.6 Å². The van der Waals surface area contributed by atoms with E-state index in [-0.39, 0.29) is 11.7 Å². The average molecular weight is 342 g/mol. The van der Waals surface area contributed by atoms with Gasteiger partial charge in [0.05, 0.1) is 24.2 Å². The zero-order chi connectivity index (χ0) is 17.8. The molecule has 0 radical (unpaired) electrons. The first kappa shape index (κ1) is 16.9. The van der Waals surface area contributed by atoms with Crippen molar-refractivity contribution in [2.75, 3.05) is 11.9 Å². The summed E-state index contributed by atoms with van der Waals surface area (Å²) in [7, 11) is 1.84. The lowest BCUT2D eigenvalue weighted by Crippen LogP contribution is -2.13. The Hall–Kier alpha value is -2.96. The maximum atomic E-state index is 12.8. The molecule has 2 heterocycles. The number of anilines is 1. The molecule has 3 rings (SSSR count). The highest BCUT2D eigenvalue weighted by atomic mass is 19.1. The molecule has 3 aromatic rings. The molecule has 130 valence electrons. The molecule has 7 heteroatoms. The number of ether oxygens (including phenoxy) is 1. The van der Waals surface area contributed by atoms with Crippen LogP contribution in [0, 0.1) is 12.7 Å². The highest BCUT2D eigenvalue weighted by molar-refractivity contribution is 5.93. The number of hydrogen-bond donors (Lipinski definition) is 1. The molecule has 0 unspecified atom stereocenters. The summed E-state index contributed by atoms with van der Waals surface area (Å²) < 4.78 is 20.0. The Morgan fingerprint density at radius 1 is 1.32 bits per heavy atom. The van der Waals surface area contributed by atoms with Gasteiger partial charge in [-0.2, -0.15) is 5.10 Å². The Bertz CT molecular complexity index is 890. The number of carbonyl (C=O) groups excluding carboxylic acids is 1. The third-order valence-corrected chi connectivity index (χ3v) is 3.78. The van der Waals surface area contributed by atoms with E-state index >= 15 is 0 Å². The van der Waals surface area contributed by atoms with Crippen molar-refractivity contribution in [3.63, 3.8) is 0 Å². The van der Waals surface area contributed by atoms with E-state index in [4.69, 9.17) is 4.74 Å². The largest absolute Gasteiger partial charge is 0.494 e. The number of nitrogens with zero attached hydrogens (tertiary/aromatic N) is 3. The lowest BCUT2D eigenvalue weighted by Gasteiger charge is -2.07. The van der Waals surface area contributed by atoms with Crippen LogP contribution >= 0.6 is 0 Å². The van der Waals surface area contributed by atoms with Gasteiger partial charge < -0.3 is 10.1 Å². The van der Waals surface area contributed by atoms with Gasteiger partial charge in [0, 0.05) is 18.9 Å². The highest BCUT2D eigenvalue weighted by Crippen LogP contribution is 2.19. The number of nitrogens with one attached hydrogen (secondary N) is 1. The summed E-state index contributed by atoms with van der Waals surface area (Å²) in [4.78, 5) is 16.4. The van der Waals surface area contributed by atoms with Crippen molar-refractivity contribution in [1.82, 2.24) is 14.8 Å². The second-order valence-corrected chi connectivity index (χ2v) is 5.76. The van der Waals surface area contributed by atoms with Crippen LogP contribution in [-0.4, -0.2) is 27.3 Å². The van der Waals surface area contributed by atoms with E-state index in [0.717, 1.165) is 16.7 Å². The number of carbonyl (C=O) groups is 1. The molecular formula is C18H19FN4O2. The molecule has 1 N–H and O–H groups in total. The van der Waals surface area contributed by atoms with Gasteiger partial charge in [0.2, 0.25) is 5.91 Å². The van der Waals surface area contributed by atoms with E-state index in [1.807, 2.05) is 20.0 Å². The van der Waals surface area contributed by atoms with Crippen molar-refractivity contribution < 1.29 is 13.9 Å². The Morgan fingerprint density at radius 3 is 2.84 bits per heavy atom. The van der Waals surface area contributed by atoms with E-state index in [9.17, 15) is 9.18 Å². The number of pyridine rings is 1. The zero-order valence-corrected chi connectivity index (χ0v) is 14.1. The van der Waals surface area contributed by atoms with Gasteiger partial charge in [-0.1, -0.05) is 0 Å². The Kier molecular flexibility index (Phi) is 4.92. The number of benzene rings is 1. The normalized spacial score (nSPS) is 10.8. The summed E-state index contributed by atoms with van der Waals surface area (Å²) in [5.41, 5.74) is 2.30. The number of hydrogen-bond acceptors (Lipinski definition) is 4. The summed E-state index contributed by atoms with van der Waals surface area (Å²) in [6.45, 7) is 2.29. The molecule has 6 nitrogen and oxygen atoms in total.